The van der Waals surface area contributed by atoms with Gasteiger partial charge in [0.25, 0.3) is 16.3 Å². The van der Waals surface area contributed by atoms with Crippen LogP contribution in [-0.4, -0.2) is 37.9 Å². The summed E-state index contributed by atoms with van der Waals surface area (Å²) in [6.07, 6.45) is -1.67. The van der Waals surface area contributed by atoms with Gasteiger partial charge in [-0.25, -0.2) is 26.9 Å². The van der Waals surface area contributed by atoms with Gasteiger partial charge in [0.1, 0.15) is 11.2 Å². The van der Waals surface area contributed by atoms with Gasteiger partial charge in [0.05, 0.1) is 12.3 Å². The van der Waals surface area contributed by atoms with Gasteiger partial charge in [-0.2, -0.15) is 0 Å². The third-order valence-electron chi connectivity index (χ3n) is 2.44. The van der Waals surface area contributed by atoms with E-state index in [0.29, 0.717) is 0 Å². The predicted octanol–water partition coefficient (Wildman–Crippen LogP) is 1.21. The summed E-state index contributed by atoms with van der Waals surface area (Å²) in [7, 11) is -4.14. The topological polar surface area (TPSA) is 76.0 Å². The highest BCUT2D eigenvalue weighted by Crippen LogP contribution is 2.31. The molecule has 1 aliphatic rings. The molecular weight excluding hydrogens is 275 g/mol. The molecule has 1 heterocycles. The Labute approximate surface area is 109 Å². The predicted molar refractivity (Wildman–Crippen MR) is 65.1 cm³/mol. The van der Waals surface area contributed by atoms with Crippen molar-refractivity contribution >= 4 is 28.0 Å². The number of esters is 1. The van der Waals surface area contributed by atoms with Crippen LogP contribution in [0.3, 0.4) is 0 Å². The molecule has 0 amide bonds. The number of fused-ring (bicyclic) bond motifs is 1. The minimum absolute atomic E-state index is 0.0408. The van der Waals surface area contributed by atoms with Gasteiger partial charge >= 0.3 is 5.97 Å². The zero-order chi connectivity index (χ0) is 14.0. The molecule has 102 valence electrons. The zero-order valence-corrected chi connectivity index (χ0v) is 10.8. The molecular formula is C11H11FN2O4S. The number of hydrogen-bond donors (Lipinski definition) is 0. The van der Waals surface area contributed by atoms with E-state index >= 15 is 0 Å². The fourth-order valence-electron chi connectivity index (χ4n) is 1.57. The maximum atomic E-state index is 13.8. The van der Waals surface area contributed by atoms with Crippen molar-refractivity contribution in [2.45, 2.75) is 18.1 Å². The molecule has 1 atom stereocenters. The highest BCUT2D eigenvalue weighted by atomic mass is 32.2. The van der Waals surface area contributed by atoms with Crippen LogP contribution in [0.15, 0.2) is 34.2 Å². The van der Waals surface area contributed by atoms with Gasteiger partial charge in [0, 0.05) is 0 Å². The van der Waals surface area contributed by atoms with E-state index in [0.717, 1.165) is 6.34 Å². The quantitative estimate of drug-likeness (QED) is 0.618. The van der Waals surface area contributed by atoms with Gasteiger partial charge in [0.2, 0.25) is 0 Å². The van der Waals surface area contributed by atoms with Crippen molar-refractivity contribution in [1.29, 1.82) is 0 Å². The Morgan fingerprint density at radius 1 is 1.47 bits per heavy atom. The molecule has 0 aliphatic carbocycles. The second-order valence-corrected chi connectivity index (χ2v) is 5.45. The number of rotatable bonds is 3. The Hall–Kier alpha value is -1.96. The van der Waals surface area contributed by atoms with E-state index in [-0.39, 0.29) is 21.5 Å². The maximum Gasteiger partial charge on any atom is 0.363 e. The first-order valence-corrected chi connectivity index (χ1v) is 6.90. The number of hydrogen-bond acceptors (Lipinski definition) is 5. The lowest BCUT2D eigenvalue weighted by Crippen LogP contribution is -2.43. The molecule has 1 aliphatic heterocycles. The van der Waals surface area contributed by atoms with Crippen molar-refractivity contribution < 1.29 is 22.3 Å². The first-order chi connectivity index (χ1) is 8.98. The molecule has 0 aromatic heterocycles. The molecule has 6 nitrogen and oxygen atoms in total. The highest BCUT2D eigenvalue weighted by Gasteiger charge is 2.38. The molecule has 0 saturated carbocycles. The molecule has 0 N–H and O–H groups in total. The first kappa shape index (κ1) is 13.5. The summed E-state index contributed by atoms with van der Waals surface area (Å²) in [5.41, 5.74) is 0.204. The lowest BCUT2D eigenvalue weighted by molar-refractivity contribution is -0.152. The number of nitrogens with zero attached hydrogens (tertiary/aromatic N) is 2. The van der Waals surface area contributed by atoms with Crippen molar-refractivity contribution in [3.05, 3.63) is 24.3 Å². The second-order valence-electron chi connectivity index (χ2n) is 3.64. The Morgan fingerprint density at radius 2 is 2.16 bits per heavy atom. The minimum atomic E-state index is -4.14. The van der Waals surface area contributed by atoms with Gasteiger partial charge in [-0.1, -0.05) is 12.1 Å². The van der Waals surface area contributed by atoms with Crippen molar-refractivity contribution in [2.24, 2.45) is 4.99 Å². The van der Waals surface area contributed by atoms with Crippen LogP contribution < -0.4 is 0 Å². The summed E-state index contributed by atoms with van der Waals surface area (Å²) in [4.78, 5) is 14.9. The van der Waals surface area contributed by atoms with E-state index in [1.165, 1.54) is 25.1 Å². The number of para-hydroxylation sites is 1. The molecule has 0 bridgehead atoms. The molecule has 0 radical (unpaired) electrons. The summed E-state index contributed by atoms with van der Waals surface area (Å²) in [5.74, 6) is -1.27. The van der Waals surface area contributed by atoms with Crippen LogP contribution in [-0.2, 0) is 19.6 Å². The number of aliphatic imine (C=N–C) groups is 1. The Kier molecular flexibility index (Phi) is 3.52. The third kappa shape index (κ3) is 2.30. The zero-order valence-electron chi connectivity index (χ0n) is 9.98. The van der Waals surface area contributed by atoms with Crippen molar-refractivity contribution in [2.75, 3.05) is 6.61 Å². The van der Waals surface area contributed by atoms with Crippen LogP contribution >= 0.6 is 0 Å². The molecule has 0 spiro atoms. The summed E-state index contributed by atoms with van der Waals surface area (Å²) in [6, 6.07) is 5.89. The standard InChI is InChI=1S/C11H11FN2O4S/c1-2-18-11(15)10(12)14-7-13-8-5-3-4-6-9(8)19(14,16)17/h3-7,10H,2H2,1H3. The first-order valence-electron chi connectivity index (χ1n) is 5.46. The lowest BCUT2D eigenvalue weighted by Gasteiger charge is -2.25. The fourth-order valence-corrected chi connectivity index (χ4v) is 2.94. The molecule has 2 rings (SSSR count). The molecule has 0 fully saturated rings. The third-order valence-corrected chi connectivity index (χ3v) is 4.17. The lowest BCUT2D eigenvalue weighted by atomic mass is 10.3. The molecule has 1 unspecified atom stereocenters. The van der Waals surface area contributed by atoms with E-state index in [4.69, 9.17) is 0 Å². The number of carbonyl (C=O) groups is 1. The number of carbonyl (C=O) groups excluding carboxylic acids is 1. The van der Waals surface area contributed by atoms with Crippen LogP contribution in [0, 0.1) is 0 Å². The molecule has 1 aromatic rings. The summed E-state index contributed by atoms with van der Waals surface area (Å²) in [5, 5.41) is 0. The Bertz CT molecular complexity index is 629. The summed E-state index contributed by atoms with van der Waals surface area (Å²) >= 11 is 0. The van der Waals surface area contributed by atoms with E-state index in [1.807, 2.05) is 0 Å². The van der Waals surface area contributed by atoms with Gasteiger partial charge in [0.15, 0.2) is 0 Å². The Morgan fingerprint density at radius 3 is 2.84 bits per heavy atom. The molecule has 19 heavy (non-hydrogen) atoms. The van der Waals surface area contributed by atoms with Crippen molar-refractivity contribution in [3.8, 4) is 0 Å². The van der Waals surface area contributed by atoms with Crippen LogP contribution in [0.4, 0.5) is 10.1 Å². The van der Waals surface area contributed by atoms with Crippen LogP contribution in [0.1, 0.15) is 6.92 Å². The van der Waals surface area contributed by atoms with E-state index in [9.17, 15) is 17.6 Å². The SMILES string of the molecule is CCOC(=O)C(F)N1C=Nc2ccccc2S1(=O)=O. The normalized spacial score (nSPS) is 17.7. The average molecular weight is 286 g/mol. The fraction of sp³-hybridized carbons (Fsp3) is 0.273. The maximum absolute atomic E-state index is 13.8. The Balaban J connectivity index is 2.39. The van der Waals surface area contributed by atoms with Gasteiger partial charge in [-0.3, -0.25) is 0 Å². The largest absolute Gasteiger partial charge is 0.462 e. The second kappa shape index (κ2) is 4.96. The van der Waals surface area contributed by atoms with Gasteiger partial charge in [-0.15, -0.1) is 0 Å². The van der Waals surface area contributed by atoms with E-state index in [1.54, 1.807) is 6.07 Å². The van der Waals surface area contributed by atoms with E-state index in [2.05, 4.69) is 9.73 Å². The van der Waals surface area contributed by atoms with Gasteiger partial charge in [-0.05, 0) is 19.1 Å². The average Bonchev–Trinajstić information content (AvgIpc) is 2.38. The van der Waals surface area contributed by atoms with Crippen molar-refractivity contribution in [1.82, 2.24) is 4.31 Å². The number of sulfonamides is 1. The summed E-state index contributed by atoms with van der Waals surface area (Å²) < 4.78 is 42.8. The molecule has 0 saturated heterocycles. The summed E-state index contributed by atoms with van der Waals surface area (Å²) in [6.45, 7) is 1.46. The van der Waals surface area contributed by atoms with E-state index < -0.39 is 22.3 Å². The monoisotopic (exact) mass is 286 g/mol. The molecule has 1 aromatic carbocycles. The van der Waals surface area contributed by atoms with Crippen LogP contribution in [0.5, 0.6) is 0 Å². The number of halogens is 1. The van der Waals surface area contributed by atoms with Crippen LogP contribution in [0.25, 0.3) is 0 Å². The number of alkyl halides is 1. The highest BCUT2D eigenvalue weighted by molar-refractivity contribution is 7.89. The number of benzene rings is 1. The molecule has 8 heteroatoms. The number of ether oxygens (including phenoxy) is 1. The van der Waals surface area contributed by atoms with Crippen molar-refractivity contribution in [3.63, 3.8) is 0 Å². The van der Waals surface area contributed by atoms with Crippen LogP contribution in [0.2, 0.25) is 0 Å². The van der Waals surface area contributed by atoms with Gasteiger partial charge < -0.3 is 4.74 Å². The minimum Gasteiger partial charge on any atom is -0.462 e. The smallest absolute Gasteiger partial charge is 0.363 e.